The van der Waals surface area contributed by atoms with Gasteiger partial charge < -0.3 is 0 Å². The molecule has 0 spiro atoms. The largest absolute Gasteiger partial charge is 0.276 e. The van der Waals surface area contributed by atoms with E-state index in [4.69, 9.17) is 0 Å². The molecular formula is C16H18N2O2S2. The standard InChI is InChI=1S/C16H18N2O2S2/c1-12-4-5-13(2)16(10-12)22(19,20)18-17-11-14-6-8-15(21-3)9-7-14/h4-11,18H,1-3H3. The summed E-state index contributed by atoms with van der Waals surface area (Å²) >= 11 is 1.65. The number of thioether (sulfide) groups is 1. The first-order valence-electron chi connectivity index (χ1n) is 6.68. The summed E-state index contributed by atoms with van der Waals surface area (Å²) in [7, 11) is -3.65. The summed E-state index contributed by atoms with van der Waals surface area (Å²) < 4.78 is 24.5. The minimum absolute atomic E-state index is 0.252. The fraction of sp³-hybridized carbons (Fsp3) is 0.188. The van der Waals surface area contributed by atoms with Gasteiger partial charge in [-0.05, 0) is 55.0 Å². The third kappa shape index (κ3) is 4.11. The van der Waals surface area contributed by atoms with E-state index in [1.807, 2.05) is 43.5 Å². The molecular weight excluding hydrogens is 316 g/mol. The van der Waals surface area contributed by atoms with Crippen LogP contribution in [0.5, 0.6) is 0 Å². The van der Waals surface area contributed by atoms with E-state index in [-0.39, 0.29) is 4.90 Å². The number of hydrogen-bond acceptors (Lipinski definition) is 4. The van der Waals surface area contributed by atoms with Gasteiger partial charge in [0.2, 0.25) is 0 Å². The fourth-order valence-electron chi connectivity index (χ4n) is 1.91. The van der Waals surface area contributed by atoms with Crippen LogP contribution in [0.25, 0.3) is 0 Å². The van der Waals surface area contributed by atoms with E-state index in [1.165, 1.54) is 6.21 Å². The maximum Gasteiger partial charge on any atom is 0.276 e. The molecule has 2 aromatic carbocycles. The predicted octanol–water partition coefficient (Wildman–Crippen LogP) is 3.34. The summed E-state index contributed by atoms with van der Waals surface area (Å²) in [5.41, 5.74) is 2.42. The first kappa shape index (κ1) is 16.6. The molecule has 0 fully saturated rings. The molecule has 0 saturated heterocycles. The van der Waals surface area contributed by atoms with Gasteiger partial charge >= 0.3 is 0 Å². The van der Waals surface area contributed by atoms with Crippen LogP contribution >= 0.6 is 11.8 Å². The minimum Gasteiger partial charge on any atom is -0.200 e. The second-order valence-corrected chi connectivity index (χ2v) is 7.40. The second kappa shape index (κ2) is 6.98. The highest BCUT2D eigenvalue weighted by molar-refractivity contribution is 7.98. The zero-order valence-electron chi connectivity index (χ0n) is 12.7. The Labute approximate surface area is 135 Å². The number of aryl methyl sites for hydroxylation is 2. The van der Waals surface area contributed by atoms with Crippen LogP contribution < -0.4 is 4.83 Å². The van der Waals surface area contributed by atoms with Gasteiger partial charge in [0.1, 0.15) is 0 Å². The molecule has 0 aliphatic heterocycles. The summed E-state index contributed by atoms with van der Waals surface area (Å²) in [5.74, 6) is 0. The van der Waals surface area contributed by atoms with Crippen molar-refractivity contribution < 1.29 is 8.42 Å². The summed E-state index contributed by atoms with van der Waals surface area (Å²) in [6, 6.07) is 13.0. The zero-order chi connectivity index (χ0) is 16.2. The van der Waals surface area contributed by atoms with Gasteiger partial charge in [-0.25, -0.2) is 4.83 Å². The Balaban J connectivity index is 2.15. The highest BCUT2D eigenvalue weighted by atomic mass is 32.2. The fourth-order valence-corrected chi connectivity index (χ4v) is 3.44. The highest BCUT2D eigenvalue weighted by Crippen LogP contribution is 2.16. The van der Waals surface area contributed by atoms with Crippen molar-refractivity contribution in [2.24, 2.45) is 5.10 Å². The molecule has 0 atom stereocenters. The Morgan fingerprint density at radius 1 is 1.09 bits per heavy atom. The average Bonchev–Trinajstić information content (AvgIpc) is 2.50. The molecule has 0 unspecified atom stereocenters. The Morgan fingerprint density at radius 3 is 2.41 bits per heavy atom. The van der Waals surface area contributed by atoms with Crippen molar-refractivity contribution in [2.75, 3.05) is 6.26 Å². The number of nitrogens with zero attached hydrogens (tertiary/aromatic N) is 1. The smallest absolute Gasteiger partial charge is 0.200 e. The number of nitrogens with one attached hydrogen (secondary N) is 1. The molecule has 0 bridgehead atoms. The SMILES string of the molecule is CSc1ccc(C=NNS(=O)(=O)c2cc(C)ccc2C)cc1. The third-order valence-electron chi connectivity index (χ3n) is 3.14. The number of hydrogen-bond donors (Lipinski definition) is 1. The molecule has 0 aliphatic carbocycles. The van der Waals surface area contributed by atoms with Crippen molar-refractivity contribution in [3.05, 3.63) is 59.2 Å². The maximum atomic E-state index is 12.3. The number of hydrazone groups is 1. The van der Waals surface area contributed by atoms with E-state index in [9.17, 15) is 8.42 Å². The Bertz CT molecular complexity index is 782. The first-order valence-corrected chi connectivity index (χ1v) is 9.39. The monoisotopic (exact) mass is 334 g/mol. The van der Waals surface area contributed by atoms with Crippen molar-refractivity contribution in [3.63, 3.8) is 0 Å². The van der Waals surface area contributed by atoms with Gasteiger partial charge in [-0.15, -0.1) is 11.8 Å². The number of rotatable bonds is 5. The van der Waals surface area contributed by atoms with Gasteiger partial charge in [0.05, 0.1) is 11.1 Å². The average molecular weight is 334 g/mol. The maximum absolute atomic E-state index is 12.3. The van der Waals surface area contributed by atoms with E-state index in [2.05, 4.69) is 9.93 Å². The molecule has 0 radical (unpaired) electrons. The molecule has 6 heteroatoms. The Kier molecular flexibility index (Phi) is 5.26. The van der Waals surface area contributed by atoms with Gasteiger partial charge in [-0.2, -0.15) is 13.5 Å². The lowest BCUT2D eigenvalue weighted by Gasteiger charge is -2.07. The van der Waals surface area contributed by atoms with E-state index < -0.39 is 10.0 Å². The van der Waals surface area contributed by atoms with Crippen LogP contribution in [0.15, 0.2) is 57.4 Å². The number of benzene rings is 2. The minimum atomic E-state index is -3.65. The molecule has 0 heterocycles. The van der Waals surface area contributed by atoms with Gasteiger partial charge in [0.15, 0.2) is 0 Å². The highest BCUT2D eigenvalue weighted by Gasteiger charge is 2.15. The lowest BCUT2D eigenvalue weighted by atomic mass is 10.2. The Morgan fingerprint density at radius 2 is 1.77 bits per heavy atom. The molecule has 0 aromatic heterocycles. The van der Waals surface area contributed by atoms with E-state index in [1.54, 1.807) is 30.8 Å². The first-order chi connectivity index (χ1) is 10.4. The van der Waals surface area contributed by atoms with E-state index in [0.717, 1.165) is 16.0 Å². The molecule has 0 aliphatic rings. The number of sulfonamides is 1. The Hall–Kier alpha value is -1.79. The summed E-state index contributed by atoms with van der Waals surface area (Å²) in [5, 5.41) is 3.85. The van der Waals surface area contributed by atoms with Crippen LogP contribution in [-0.2, 0) is 10.0 Å². The van der Waals surface area contributed by atoms with Crippen LogP contribution in [0.3, 0.4) is 0 Å². The lowest BCUT2D eigenvalue weighted by Crippen LogP contribution is -2.19. The van der Waals surface area contributed by atoms with Crippen molar-refractivity contribution in [1.29, 1.82) is 0 Å². The van der Waals surface area contributed by atoms with Crippen molar-refractivity contribution >= 4 is 28.0 Å². The topological polar surface area (TPSA) is 58.5 Å². The molecule has 2 aromatic rings. The van der Waals surface area contributed by atoms with Crippen LogP contribution in [0, 0.1) is 13.8 Å². The lowest BCUT2D eigenvalue weighted by molar-refractivity contribution is 0.584. The molecule has 4 nitrogen and oxygen atoms in total. The molecule has 2 rings (SSSR count). The van der Waals surface area contributed by atoms with Gasteiger partial charge in [-0.3, -0.25) is 0 Å². The van der Waals surface area contributed by atoms with Crippen LogP contribution in [0.4, 0.5) is 0 Å². The molecule has 0 amide bonds. The quantitative estimate of drug-likeness (QED) is 0.518. The van der Waals surface area contributed by atoms with Gasteiger partial charge in [0.25, 0.3) is 10.0 Å². The van der Waals surface area contributed by atoms with Crippen molar-refractivity contribution in [2.45, 2.75) is 23.6 Å². The molecule has 0 saturated carbocycles. The van der Waals surface area contributed by atoms with Crippen molar-refractivity contribution in [3.8, 4) is 0 Å². The van der Waals surface area contributed by atoms with Gasteiger partial charge in [-0.1, -0.05) is 24.3 Å². The normalized spacial score (nSPS) is 11.8. The predicted molar refractivity (Wildman–Crippen MR) is 92.1 cm³/mol. The van der Waals surface area contributed by atoms with Crippen LogP contribution in [-0.4, -0.2) is 20.9 Å². The second-order valence-electron chi connectivity index (χ2n) is 4.90. The van der Waals surface area contributed by atoms with Crippen LogP contribution in [0.2, 0.25) is 0 Å². The summed E-state index contributed by atoms with van der Waals surface area (Å²) in [4.78, 5) is 3.66. The van der Waals surface area contributed by atoms with E-state index >= 15 is 0 Å². The molecule has 1 N–H and O–H groups in total. The van der Waals surface area contributed by atoms with Gasteiger partial charge in [0, 0.05) is 4.90 Å². The summed E-state index contributed by atoms with van der Waals surface area (Å²) in [6.07, 6.45) is 3.49. The van der Waals surface area contributed by atoms with Crippen LogP contribution in [0.1, 0.15) is 16.7 Å². The van der Waals surface area contributed by atoms with Crippen molar-refractivity contribution in [1.82, 2.24) is 4.83 Å². The molecule has 116 valence electrons. The summed E-state index contributed by atoms with van der Waals surface area (Å²) in [6.45, 7) is 3.62. The van der Waals surface area contributed by atoms with E-state index in [0.29, 0.717) is 5.56 Å². The molecule has 22 heavy (non-hydrogen) atoms. The third-order valence-corrected chi connectivity index (χ3v) is 5.24. The zero-order valence-corrected chi connectivity index (χ0v) is 14.3.